The second kappa shape index (κ2) is 6.72. The van der Waals surface area contributed by atoms with E-state index in [1.807, 2.05) is 0 Å². The second-order valence-corrected chi connectivity index (χ2v) is 4.44. The number of quaternary nitrogens is 1. The normalized spacial score (nSPS) is 19.0. The number of ether oxygens (including phenoxy) is 3. The number of rotatable bonds is 8. The van der Waals surface area contributed by atoms with E-state index in [0.717, 1.165) is 19.4 Å². The summed E-state index contributed by atoms with van der Waals surface area (Å²) in [6.07, 6.45) is 2.09. The quantitative estimate of drug-likeness (QED) is 0.419. The Hall–Kier alpha value is -1.34. The molecule has 1 aliphatic heterocycles. The number of hydrogen-bond donors (Lipinski definition) is 2. The Labute approximate surface area is 112 Å². The third kappa shape index (κ3) is 4.36. The molecule has 106 valence electrons. The minimum Gasteiger partial charge on any atom is -0.595 e. The van der Waals surface area contributed by atoms with Crippen molar-refractivity contribution in [3.8, 4) is 11.5 Å². The third-order valence-corrected chi connectivity index (χ3v) is 2.77. The van der Waals surface area contributed by atoms with Gasteiger partial charge in [-0.2, -0.15) is 5.23 Å². The molecule has 6 heteroatoms. The average Bonchev–Trinajstić information content (AvgIpc) is 3.21. The van der Waals surface area contributed by atoms with Gasteiger partial charge in [0.2, 0.25) is 0 Å². The first-order valence-corrected chi connectivity index (χ1v) is 6.45. The molecule has 1 aliphatic rings. The summed E-state index contributed by atoms with van der Waals surface area (Å²) in [6.45, 7) is 3.81. The zero-order valence-corrected chi connectivity index (χ0v) is 10.9. The van der Waals surface area contributed by atoms with Crippen molar-refractivity contribution in [3.05, 3.63) is 23.4 Å². The summed E-state index contributed by atoms with van der Waals surface area (Å²) in [5, 5.41) is 19.0. The maximum absolute atomic E-state index is 11.0. The van der Waals surface area contributed by atoms with Gasteiger partial charge in [0.25, 0.3) is 0 Å². The van der Waals surface area contributed by atoms with Crippen molar-refractivity contribution in [1.82, 2.24) is 0 Å². The van der Waals surface area contributed by atoms with Gasteiger partial charge in [0.05, 0.1) is 13.2 Å². The molecule has 6 nitrogen and oxygen atoms in total. The lowest BCUT2D eigenvalue weighted by molar-refractivity contribution is -0.991. The van der Waals surface area contributed by atoms with Gasteiger partial charge >= 0.3 is 0 Å². The summed E-state index contributed by atoms with van der Waals surface area (Å²) < 4.78 is 16.2. The lowest BCUT2D eigenvalue weighted by atomic mass is 10.2. The van der Waals surface area contributed by atoms with Gasteiger partial charge in [0.1, 0.15) is 12.7 Å². The van der Waals surface area contributed by atoms with E-state index in [1.54, 1.807) is 6.07 Å². The summed E-state index contributed by atoms with van der Waals surface area (Å²) in [5.74, 6) is 1.05. The minimum atomic E-state index is -0.975. The van der Waals surface area contributed by atoms with Crippen molar-refractivity contribution in [2.75, 3.05) is 19.8 Å². The maximum atomic E-state index is 11.0. The summed E-state index contributed by atoms with van der Waals surface area (Å²) in [4.78, 5) is 0. The molecule has 19 heavy (non-hydrogen) atoms. The van der Waals surface area contributed by atoms with E-state index >= 15 is 0 Å². The highest BCUT2D eigenvalue weighted by atomic mass is 16.8. The van der Waals surface area contributed by atoms with Gasteiger partial charge in [0, 0.05) is 12.1 Å². The zero-order chi connectivity index (χ0) is 13.7. The molecule has 0 radical (unpaired) electrons. The first-order chi connectivity index (χ1) is 9.20. The molecule has 0 aromatic heterocycles. The van der Waals surface area contributed by atoms with Gasteiger partial charge in [-0.15, -0.1) is 0 Å². The van der Waals surface area contributed by atoms with Gasteiger partial charge in [-0.05, 0) is 12.5 Å². The summed E-state index contributed by atoms with van der Waals surface area (Å²) in [7, 11) is 0. The van der Waals surface area contributed by atoms with E-state index in [-0.39, 0.29) is 11.8 Å². The molecular weight excluding hydrogens is 250 g/mol. The molecule has 2 N–H and O–H groups in total. The van der Waals surface area contributed by atoms with Gasteiger partial charge in [-0.1, -0.05) is 13.3 Å². The van der Waals surface area contributed by atoms with Crippen LogP contribution in [-0.4, -0.2) is 31.1 Å². The highest BCUT2D eigenvalue weighted by molar-refractivity contribution is 5.48. The second-order valence-electron chi connectivity index (χ2n) is 4.44. The number of epoxide rings is 1. The average molecular weight is 269 g/mol. The maximum Gasteiger partial charge on any atom is 0.167 e. The molecule has 0 saturated carbocycles. The predicted molar refractivity (Wildman–Crippen MR) is 67.9 cm³/mol. The molecule has 1 fully saturated rings. The fourth-order valence-electron chi connectivity index (χ4n) is 1.55. The van der Waals surface area contributed by atoms with Crippen LogP contribution in [0.3, 0.4) is 0 Å². The van der Waals surface area contributed by atoms with Crippen LogP contribution in [-0.2, 0) is 4.74 Å². The molecule has 0 bridgehead atoms. The Morgan fingerprint density at radius 3 is 2.84 bits per heavy atom. The van der Waals surface area contributed by atoms with E-state index < -0.39 is 5.23 Å². The molecule has 0 aliphatic carbocycles. The van der Waals surface area contributed by atoms with Crippen LogP contribution in [0.25, 0.3) is 0 Å². The summed E-state index contributed by atoms with van der Waals surface area (Å²) in [5.41, 5.74) is 0.196. The van der Waals surface area contributed by atoms with Crippen molar-refractivity contribution >= 4 is 5.69 Å². The number of nitrogens with one attached hydrogen (secondary N) is 1. The molecule has 2 atom stereocenters. The summed E-state index contributed by atoms with van der Waals surface area (Å²) >= 11 is 0. The summed E-state index contributed by atoms with van der Waals surface area (Å²) in [6, 6.07) is 4.65. The lowest BCUT2D eigenvalue weighted by Crippen LogP contribution is -2.99. The Bertz CT molecular complexity index is 406. The van der Waals surface area contributed by atoms with Gasteiger partial charge in [-0.3, -0.25) is 0 Å². The molecule has 1 aromatic rings. The van der Waals surface area contributed by atoms with E-state index in [4.69, 9.17) is 19.4 Å². The molecule has 0 spiro atoms. The molecule has 2 unspecified atom stereocenters. The van der Waals surface area contributed by atoms with Crippen LogP contribution in [0.1, 0.15) is 19.8 Å². The van der Waals surface area contributed by atoms with E-state index in [1.165, 1.54) is 12.1 Å². The monoisotopic (exact) mass is 269 g/mol. The largest absolute Gasteiger partial charge is 0.595 e. The standard InChI is InChI=1S/C13H19NO5/c1-2-3-6-17-13-7-10(14(15)16)4-5-12(13)19-9-11-8-18-11/h4-5,7,11,14-15H,2-3,6,8-9H2,1H3. The molecule has 1 saturated heterocycles. The molecular formula is C13H19NO5. The fourth-order valence-corrected chi connectivity index (χ4v) is 1.55. The highest BCUT2D eigenvalue weighted by Crippen LogP contribution is 2.30. The van der Waals surface area contributed by atoms with Crippen molar-refractivity contribution in [3.63, 3.8) is 0 Å². The Balaban J connectivity index is 2.04. The van der Waals surface area contributed by atoms with Crippen LogP contribution in [0.15, 0.2) is 18.2 Å². The molecule has 1 aromatic carbocycles. The van der Waals surface area contributed by atoms with E-state index in [2.05, 4.69) is 6.92 Å². The topological polar surface area (TPSA) is 78.7 Å². The Kier molecular flexibility index (Phi) is 4.98. The van der Waals surface area contributed by atoms with Gasteiger partial charge in [-0.25, -0.2) is 5.21 Å². The van der Waals surface area contributed by atoms with Crippen LogP contribution in [0.2, 0.25) is 0 Å². The van der Waals surface area contributed by atoms with E-state index in [9.17, 15) is 5.21 Å². The highest BCUT2D eigenvalue weighted by Gasteiger charge is 2.24. The van der Waals surface area contributed by atoms with Crippen molar-refractivity contribution in [2.24, 2.45) is 0 Å². The number of benzene rings is 1. The number of unbranched alkanes of at least 4 members (excludes halogenated alkanes) is 1. The fraction of sp³-hybridized carbons (Fsp3) is 0.538. The lowest BCUT2D eigenvalue weighted by Gasteiger charge is -2.16. The van der Waals surface area contributed by atoms with Crippen LogP contribution < -0.4 is 14.7 Å². The van der Waals surface area contributed by atoms with Crippen molar-refractivity contribution < 1.29 is 24.6 Å². The van der Waals surface area contributed by atoms with Crippen molar-refractivity contribution in [1.29, 1.82) is 0 Å². The van der Waals surface area contributed by atoms with Crippen LogP contribution in [0.4, 0.5) is 5.69 Å². The van der Waals surface area contributed by atoms with Crippen LogP contribution >= 0.6 is 0 Å². The van der Waals surface area contributed by atoms with Crippen molar-refractivity contribution in [2.45, 2.75) is 25.9 Å². The first-order valence-electron chi connectivity index (χ1n) is 6.45. The first kappa shape index (κ1) is 14.1. The van der Waals surface area contributed by atoms with Gasteiger partial charge < -0.3 is 19.4 Å². The zero-order valence-electron chi connectivity index (χ0n) is 10.9. The van der Waals surface area contributed by atoms with E-state index in [0.29, 0.717) is 24.7 Å². The minimum absolute atomic E-state index is 0.155. The molecule has 0 amide bonds. The van der Waals surface area contributed by atoms with Crippen LogP contribution in [0.5, 0.6) is 11.5 Å². The number of hydrogen-bond acceptors (Lipinski definition) is 5. The van der Waals surface area contributed by atoms with Crippen LogP contribution in [0, 0.1) is 5.21 Å². The third-order valence-electron chi connectivity index (χ3n) is 2.77. The molecule has 1 heterocycles. The molecule has 2 rings (SSSR count). The smallest absolute Gasteiger partial charge is 0.167 e. The Morgan fingerprint density at radius 1 is 1.42 bits per heavy atom. The van der Waals surface area contributed by atoms with Gasteiger partial charge in [0.15, 0.2) is 17.2 Å². The Morgan fingerprint density at radius 2 is 2.21 bits per heavy atom. The predicted octanol–water partition coefficient (Wildman–Crippen LogP) is 1.05. The SMILES string of the molecule is CCCCOc1cc([NH+]([O-])O)ccc1OCC1CO1.